The Bertz CT molecular complexity index is 443. The smallest absolute Gasteiger partial charge is 0.219 e. The molecule has 0 fully saturated rings. The van der Waals surface area contributed by atoms with E-state index in [1.165, 1.54) is 11.1 Å². The fraction of sp³-hybridized carbons (Fsp3) is 0.632. The zero-order valence-corrected chi connectivity index (χ0v) is 16.1. The Balaban J connectivity index is 0.00000484. The predicted octanol–water partition coefficient (Wildman–Crippen LogP) is 3.87. The van der Waals surface area contributed by atoms with Crippen molar-refractivity contribution in [3.63, 3.8) is 0 Å². The minimum Gasteiger partial charge on any atom is -0.356 e. The first-order valence-electron chi connectivity index (χ1n) is 8.42. The fourth-order valence-electron chi connectivity index (χ4n) is 2.56. The number of hydrogen-bond acceptors (Lipinski definition) is 2. The molecule has 132 valence electrons. The van der Waals surface area contributed by atoms with Crippen LogP contribution in [0.25, 0.3) is 0 Å². The molecule has 1 N–H and O–H groups in total. The zero-order valence-electron chi connectivity index (χ0n) is 15.3. The van der Waals surface area contributed by atoms with Crippen molar-refractivity contribution in [3.8, 4) is 0 Å². The highest BCUT2D eigenvalue weighted by molar-refractivity contribution is 5.85. The highest BCUT2D eigenvalue weighted by Crippen LogP contribution is 2.21. The quantitative estimate of drug-likeness (QED) is 0.740. The van der Waals surface area contributed by atoms with Gasteiger partial charge in [0, 0.05) is 18.9 Å². The zero-order chi connectivity index (χ0) is 16.5. The van der Waals surface area contributed by atoms with Gasteiger partial charge in [-0.3, -0.25) is 4.79 Å². The van der Waals surface area contributed by atoms with E-state index in [2.05, 4.69) is 62.4 Å². The van der Waals surface area contributed by atoms with Crippen LogP contribution in [0.2, 0.25) is 0 Å². The maximum Gasteiger partial charge on any atom is 0.219 e. The maximum absolute atomic E-state index is 11.5. The summed E-state index contributed by atoms with van der Waals surface area (Å²) in [5, 5.41) is 3.04. The number of hydrogen-bond donors (Lipinski definition) is 1. The fourth-order valence-corrected chi connectivity index (χ4v) is 2.56. The van der Waals surface area contributed by atoms with Crippen LogP contribution >= 0.6 is 12.4 Å². The molecule has 0 radical (unpaired) electrons. The van der Waals surface area contributed by atoms with E-state index in [1.807, 2.05) is 6.92 Å². The van der Waals surface area contributed by atoms with Crippen molar-refractivity contribution >= 4 is 18.3 Å². The van der Waals surface area contributed by atoms with Crippen molar-refractivity contribution in [1.82, 2.24) is 10.2 Å². The van der Waals surface area contributed by atoms with E-state index < -0.39 is 0 Å². The summed E-state index contributed by atoms with van der Waals surface area (Å²) in [7, 11) is 4.18. The average molecular weight is 341 g/mol. The molecule has 0 aliphatic rings. The van der Waals surface area contributed by atoms with E-state index in [0.717, 1.165) is 25.9 Å². The van der Waals surface area contributed by atoms with Gasteiger partial charge in [-0.25, -0.2) is 0 Å². The van der Waals surface area contributed by atoms with E-state index in [0.29, 0.717) is 18.3 Å². The average Bonchev–Trinajstić information content (AvgIpc) is 2.47. The minimum atomic E-state index is 0. The molecule has 0 saturated heterocycles. The van der Waals surface area contributed by atoms with Crippen LogP contribution in [0.1, 0.15) is 50.7 Å². The standard InChI is InChI=1S/C19H32N2O.ClH/c1-6-19(22)20-14-18(11-12-21(4)5)17-9-7-16(8-10-17)13-15(2)3;/h7-10,15,18H,6,11-14H2,1-5H3,(H,20,22);1H/t18-;/m0./s1. The van der Waals surface area contributed by atoms with Crippen LogP contribution in [0, 0.1) is 5.92 Å². The molecule has 3 nitrogen and oxygen atoms in total. The molecule has 0 aliphatic heterocycles. The third kappa shape index (κ3) is 8.97. The normalized spacial score (nSPS) is 12.1. The molecular weight excluding hydrogens is 308 g/mol. The Labute approximate surface area is 148 Å². The van der Waals surface area contributed by atoms with Crippen LogP contribution in [0.3, 0.4) is 0 Å². The topological polar surface area (TPSA) is 32.3 Å². The van der Waals surface area contributed by atoms with Crippen LogP contribution in [-0.2, 0) is 11.2 Å². The molecule has 1 aromatic rings. The first-order chi connectivity index (χ1) is 10.4. The number of rotatable bonds is 9. The third-order valence-electron chi connectivity index (χ3n) is 3.89. The molecule has 1 amide bonds. The lowest BCUT2D eigenvalue weighted by molar-refractivity contribution is -0.120. The van der Waals surface area contributed by atoms with Gasteiger partial charge in [-0.1, -0.05) is 45.0 Å². The monoisotopic (exact) mass is 340 g/mol. The number of nitrogens with one attached hydrogen (secondary N) is 1. The van der Waals surface area contributed by atoms with Crippen molar-refractivity contribution in [2.45, 2.75) is 46.0 Å². The van der Waals surface area contributed by atoms with E-state index in [4.69, 9.17) is 0 Å². The van der Waals surface area contributed by atoms with Gasteiger partial charge in [0.1, 0.15) is 0 Å². The molecule has 0 aromatic heterocycles. The summed E-state index contributed by atoms with van der Waals surface area (Å²) >= 11 is 0. The number of nitrogens with zero attached hydrogens (tertiary/aromatic N) is 1. The van der Waals surface area contributed by atoms with E-state index in [9.17, 15) is 4.79 Å². The van der Waals surface area contributed by atoms with Gasteiger partial charge in [-0.05, 0) is 50.5 Å². The molecule has 4 heteroatoms. The van der Waals surface area contributed by atoms with E-state index >= 15 is 0 Å². The summed E-state index contributed by atoms with van der Waals surface area (Å²) in [5.74, 6) is 1.19. The lowest BCUT2D eigenvalue weighted by atomic mass is 9.93. The van der Waals surface area contributed by atoms with Crippen molar-refractivity contribution in [1.29, 1.82) is 0 Å². The van der Waals surface area contributed by atoms with Crippen LogP contribution < -0.4 is 5.32 Å². The molecule has 1 rings (SSSR count). The summed E-state index contributed by atoms with van der Waals surface area (Å²) in [4.78, 5) is 13.7. The molecule has 0 aliphatic carbocycles. The lowest BCUT2D eigenvalue weighted by Gasteiger charge is -2.21. The van der Waals surface area contributed by atoms with Crippen LogP contribution in [-0.4, -0.2) is 38.0 Å². The van der Waals surface area contributed by atoms with Crippen molar-refractivity contribution in [2.24, 2.45) is 5.92 Å². The summed E-state index contributed by atoms with van der Waals surface area (Å²) in [6.45, 7) is 8.14. The lowest BCUT2D eigenvalue weighted by Crippen LogP contribution is -2.29. The second kappa shape index (κ2) is 11.5. The number of halogens is 1. The molecule has 1 atom stereocenters. The van der Waals surface area contributed by atoms with Gasteiger partial charge in [0.2, 0.25) is 5.91 Å². The maximum atomic E-state index is 11.5. The number of amides is 1. The van der Waals surface area contributed by atoms with Gasteiger partial charge >= 0.3 is 0 Å². The van der Waals surface area contributed by atoms with Crippen molar-refractivity contribution in [3.05, 3.63) is 35.4 Å². The molecule has 23 heavy (non-hydrogen) atoms. The van der Waals surface area contributed by atoms with Gasteiger partial charge in [0.15, 0.2) is 0 Å². The Hall–Kier alpha value is -1.06. The SMILES string of the molecule is CCC(=O)NC[C@H](CCN(C)C)c1ccc(CC(C)C)cc1.Cl. The Morgan fingerprint density at radius 1 is 1.17 bits per heavy atom. The van der Waals surface area contributed by atoms with E-state index in [-0.39, 0.29) is 18.3 Å². The highest BCUT2D eigenvalue weighted by atomic mass is 35.5. The molecule has 0 unspecified atom stereocenters. The van der Waals surface area contributed by atoms with Gasteiger partial charge < -0.3 is 10.2 Å². The third-order valence-corrected chi connectivity index (χ3v) is 3.89. The van der Waals surface area contributed by atoms with Crippen LogP contribution in [0.15, 0.2) is 24.3 Å². The summed E-state index contributed by atoms with van der Waals surface area (Å²) in [5.41, 5.74) is 2.72. The molecule has 0 saturated carbocycles. The number of carbonyl (C=O) groups excluding carboxylic acids is 1. The van der Waals surface area contributed by atoms with Gasteiger partial charge in [0.05, 0.1) is 0 Å². The molecule has 0 heterocycles. The number of benzene rings is 1. The van der Waals surface area contributed by atoms with E-state index in [1.54, 1.807) is 0 Å². The summed E-state index contributed by atoms with van der Waals surface area (Å²) in [6.07, 6.45) is 2.73. The molecular formula is C19H33ClN2O. The second-order valence-corrected chi connectivity index (χ2v) is 6.79. The van der Waals surface area contributed by atoms with Gasteiger partial charge in [-0.15, -0.1) is 12.4 Å². The minimum absolute atomic E-state index is 0. The van der Waals surface area contributed by atoms with Crippen LogP contribution in [0.4, 0.5) is 0 Å². The first-order valence-corrected chi connectivity index (χ1v) is 8.42. The van der Waals surface area contributed by atoms with Crippen LogP contribution in [0.5, 0.6) is 0 Å². The Kier molecular flexibility index (Phi) is 10.9. The molecule has 0 spiro atoms. The van der Waals surface area contributed by atoms with Gasteiger partial charge in [0.25, 0.3) is 0 Å². The predicted molar refractivity (Wildman–Crippen MR) is 101 cm³/mol. The summed E-state index contributed by atoms with van der Waals surface area (Å²) < 4.78 is 0. The molecule has 0 bridgehead atoms. The molecule has 1 aromatic carbocycles. The number of carbonyl (C=O) groups is 1. The Morgan fingerprint density at radius 2 is 1.78 bits per heavy atom. The second-order valence-electron chi connectivity index (χ2n) is 6.79. The van der Waals surface area contributed by atoms with Gasteiger partial charge in [-0.2, -0.15) is 0 Å². The van der Waals surface area contributed by atoms with Crippen molar-refractivity contribution < 1.29 is 4.79 Å². The highest BCUT2D eigenvalue weighted by Gasteiger charge is 2.13. The summed E-state index contributed by atoms with van der Waals surface area (Å²) in [6, 6.07) is 8.94. The largest absolute Gasteiger partial charge is 0.356 e. The Morgan fingerprint density at radius 3 is 2.26 bits per heavy atom. The van der Waals surface area contributed by atoms with Crippen molar-refractivity contribution in [2.75, 3.05) is 27.2 Å². The first kappa shape index (κ1) is 21.9.